The van der Waals surface area contributed by atoms with Crippen LogP contribution in [-0.4, -0.2) is 47.2 Å². The lowest BCUT2D eigenvalue weighted by molar-refractivity contribution is -0.136. The molecule has 0 bridgehead atoms. The summed E-state index contributed by atoms with van der Waals surface area (Å²) in [5.74, 6) is -1.81. The van der Waals surface area contributed by atoms with E-state index in [2.05, 4.69) is 15.6 Å². The molecule has 0 unspecified atom stereocenters. The molecule has 1 aliphatic heterocycles. The van der Waals surface area contributed by atoms with Gasteiger partial charge in [0.15, 0.2) is 0 Å². The van der Waals surface area contributed by atoms with Gasteiger partial charge in [-0.25, -0.2) is 4.39 Å². The summed E-state index contributed by atoms with van der Waals surface area (Å²) in [7, 11) is 0. The number of hydrogen-bond donors (Lipinski definition) is 2. The summed E-state index contributed by atoms with van der Waals surface area (Å²) >= 11 is 0. The van der Waals surface area contributed by atoms with Crippen LogP contribution in [0.3, 0.4) is 0 Å². The Morgan fingerprint density at radius 1 is 1.07 bits per heavy atom. The predicted octanol–water partition coefficient (Wildman–Crippen LogP) is 1.83. The SMILES string of the molecule is O=C(NCC1CCN(C(=O)c2cccnc2)CC1)C(=O)Nc1ccc(F)cc1. The molecule has 1 fully saturated rings. The van der Waals surface area contributed by atoms with Crippen molar-refractivity contribution in [2.45, 2.75) is 12.8 Å². The number of carbonyl (C=O) groups excluding carboxylic acids is 3. The minimum Gasteiger partial charge on any atom is -0.348 e. The Kier molecular flexibility index (Phi) is 6.31. The molecule has 0 saturated carbocycles. The third kappa shape index (κ3) is 5.12. The second-order valence-corrected chi connectivity index (χ2v) is 6.65. The first-order valence-corrected chi connectivity index (χ1v) is 9.07. The van der Waals surface area contributed by atoms with Crippen molar-refractivity contribution in [2.24, 2.45) is 5.92 Å². The van der Waals surface area contributed by atoms with Crippen LogP contribution in [0.25, 0.3) is 0 Å². The molecule has 1 aromatic carbocycles. The summed E-state index contributed by atoms with van der Waals surface area (Å²) in [6.07, 6.45) is 4.66. The molecule has 1 saturated heterocycles. The number of amides is 3. The number of nitrogens with one attached hydrogen (secondary N) is 2. The first-order chi connectivity index (χ1) is 13.5. The fraction of sp³-hybridized carbons (Fsp3) is 0.300. The van der Waals surface area contributed by atoms with Gasteiger partial charge in [-0.3, -0.25) is 19.4 Å². The monoisotopic (exact) mass is 384 g/mol. The number of pyridine rings is 1. The van der Waals surface area contributed by atoms with Crippen molar-refractivity contribution < 1.29 is 18.8 Å². The van der Waals surface area contributed by atoms with Crippen LogP contribution in [0.1, 0.15) is 23.2 Å². The summed E-state index contributed by atoms with van der Waals surface area (Å²) in [6, 6.07) is 8.64. The van der Waals surface area contributed by atoms with E-state index in [4.69, 9.17) is 0 Å². The molecule has 3 rings (SSSR count). The van der Waals surface area contributed by atoms with Crippen LogP contribution >= 0.6 is 0 Å². The van der Waals surface area contributed by atoms with E-state index in [0.717, 1.165) is 12.8 Å². The molecule has 2 N–H and O–H groups in total. The van der Waals surface area contributed by atoms with Crippen molar-refractivity contribution in [3.8, 4) is 0 Å². The van der Waals surface area contributed by atoms with Gasteiger partial charge < -0.3 is 15.5 Å². The average Bonchev–Trinajstić information content (AvgIpc) is 2.74. The molecular weight excluding hydrogens is 363 g/mol. The third-order valence-corrected chi connectivity index (χ3v) is 4.67. The number of benzene rings is 1. The molecule has 146 valence electrons. The topological polar surface area (TPSA) is 91.4 Å². The number of halogens is 1. The highest BCUT2D eigenvalue weighted by Crippen LogP contribution is 2.18. The Balaban J connectivity index is 1.41. The quantitative estimate of drug-likeness (QED) is 0.787. The van der Waals surface area contributed by atoms with Crippen molar-refractivity contribution in [1.82, 2.24) is 15.2 Å². The molecule has 1 aliphatic rings. The van der Waals surface area contributed by atoms with Crippen LogP contribution in [0.5, 0.6) is 0 Å². The van der Waals surface area contributed by atoms with Crippen molar-refractivity contribution in [3.63, 3.8) is 0 Å². The average molecular weight is 384 g/mol. The van der Waals surface area contributed by atoms with E-state index in [1.807, 2.05) is 0 Å². The number of nitrogens with zero attached hydrogens (tertiary/aromatic N) is 2. The summed E-state index contributed by atoms with van der Waals surface area (Å²) < 4.78 is 12.9. The number of aromatic nitrogens is 1. The van der Waals surface area contributed by atoms with Gasteiger partial charge in [-0.1, -0.05) is 0 Å². The molecule has 0 aliphatic carbocycles. The number of piperidine rings is 1. The number of likely N-dealkylation sites (tertiary alicyclic amines) is 1. The van der Waals surface area contributed by atoms with Crippen LogP contribution in [0.4, 0.5) is 10.1 Å². The van der Waals surface area contributed by atoms with Crippen molar-refractivity contribution in [1.29, 1.82) is 0 Å². The van der Waals surface area contributed by atoms with Crippen LogP contribution in [0.15, 0.2) is 48.8 Å². The zero-order valence-electron chi connectivity index (χ0n) is 15.2. The number of carbonyl (C=O) groups is 3. The molecule has 28 heavy (non-hydrogen) atoms. The Bertz CT molecular complexity index is 834. The van der Waals surface area contributed by atoms with Crippen molar-refractivity contribution in [3.05, 3.63) is 60.2 Å². The Hall–Kier alpha value is -3.29. The molecule has 8 heteroatoms. The lowest BCUT2D eigenvalue weighted by Crippen LogP contribution is -2.43. The Morgan fingerprint density at radius 2 is 1.79 bits per heavy atom. The number of anilines is 1. The van der Waals surface area contributed by atoms with Gasteiger partial charge in [0.1, 0.15) is 5.82 Å². The van der Waals surface area contributed by atoms with Gasteiger partial charge in [-0.05, 0) is 55.2 Å². The standard InChI is InChI=1S/C20H21FN4O3/c21-16-3-5-17(6-4-16)24-19(27)18(26)23-12-14-7-10-25(11-8-14)20(28)15-2-1-9-22-13-15/h1-6,9,13-14H,7-8,10-12H2,(H,23,26)(H,24,27). The van der Waals surface area contributed by atoms with E-state index in [-0.39, 0.29) is 11.8 Å². The maximum atomic E-state index is 12.9. The number of hydrogen-bond acceptors (Lipinski definition) is 4. The molecule has 0 atom stereocenters. The normalized spacial score (nSPS) is 14.4. The smallest absolute Gasteiger partial charge is 0.313 e. The van der Waals surface area contributed by atoms with Gasteiger partial charge in [-0.15, -0.1) is 0 Å². The fourth-order valence-corrected chi connectivity index (χ4v) is 3.05. The lowest BCUT2D eigenvalue weighted by Gasteiger charge is -2.32. The van der Waals surface area contributed by atoms with Crippen molar-refractivity contribution in [2.75, 3.05) is 25.0 Å². The first kappa shape index (κ1) is 19.5. The third-order valence-electron chi connectivity index (χ3n) is 4.67. The van der Waals surface area contributed by atoms with Crippen molar-refractivity contribution >= 4 is 23.4 Å². The highest BCUT2D eigenvalue weighted by atomic mass is 19.1. The van der Waals surface area contributed by atoms with E-state index in [0.29, 0.717) is 30.9 Å². The minimum absolute atomic E-state index is 0.0470. The van der Waals surface area contributed by atoms with Crippen LogP contribution in [-0.2, 0) is 9.59 Å². The summed E-state index contributed by atoms with van der Waals surface area (Å²) in [5.41, 5.74) is 0.912. The van der Waals surface area contributed by atoms with E-state index in [1.165, 1.54) is 24.3 Å². The summed E-state index contributed by atoms with van der Waals surface area (Å²) in [6.45, 7) is 1.55. The van der Waals surface area contributed by atoms with E-state index in [1.54, 1.807) is 29.4 Å². The molecule has 7 nitrogen and oxygen atoms in total. The highest BCUT2D eigenvalue weighted by molar-refractivity contribution is 6.39. The molecule has 0 spiro atoms. The van der Waals surface area contributed by atoms with E-state index in [9.17, 15) is 18.8 Å². The molecule has 1 aromatic heterocycles. The van der Waals surface area contributed by atoms with Gasteiger partial charge in [0.2, 0.25) is 0 Å². The van der Waals surface area contributed by atoms with Gasteiger partial charge in [0.05, 0.1) is 5.56 Å². The largest absolute Gasteiger partial charge is 0.348 e. The first-order valence-electron chi connectivity index (χ1n) is 9.07. The zero-order chi connectivity index (χ0) is 19.9. The van der Waals surface area contributed by atoms with Gasteiger partial charge in [0.25, 0.3) is 5.91 Å². The van der Waals surface area contributed by atoms with Crippen LogP contribution in [0, 0.1) is 11.7 Å². The minimum atomic E-state index is -0.796. The molecule has 2 heterocycles. The summed E-state index contributed by atoms with van der Waals surface area (Å²) in [4.78, 5) is 42.0. The summed E-state index contributed by atoms with van der Waals surface area (Å²) in [5, 5.41) is 5.04. The van der Waals surface area contributed by atoms with E-state index < -0.39 is 17.6 Å². The maximum absolute atomic E-state index is 12.9. The molecule has 3 amide bonds. The highest BCUT2D eigenvalue weighted by Gasteiger charge is 2.24. The Morgan fingerprint density at radius 3 is 2.43 bits per heavy atom. The predicted molar refractivity (Wildman–Crippen MR) is 101 cm³/mol. The van der Waals surface area contributed by atoms with Gasteiger partial charge in [-0.2, -0.15) is 0 Å². The number of rotatable bonds is 4. The van der Waals surface area contributed by atoms with E-state index >= 15 is 0 Å². The molecule has 2 aromatic rings. The van der Waals surface area contributed by atoms with Crippen LogP contribution < -0.4 is 10.6 Å². The lowest BCUT2D eigenvalue weighted by atomic mass is 9.96. The second kappa shape index (κ2) is 9.07. The van der Waals surface area contributed by atoms with Gasteiger partial charge in [0, 0.05) is 37.7 Å². The Labute approximate surface area is 161 Å². The fourth-order valence-electron chi connectivity index (χ4n) is 3.05. The molecular formula is C20H21FN4O3. The zero-order valence-corrected chi connectivity index (χ0v) is 15.2. The maximum Gasteiger partial charge on any atom is 0.313 e. The van der Waals surface area contributed by atoms with Gasteiger partial charge >= 0.3 is 11.8 Å². The second-order valence-electron chi connectivity index (χ2n) is 6.65. The molecule has 0 radical (unpaired) electrons. The van der Waals surface area contributed by atoms with Crippen LogP contribution in [0.2, 0.25) is 0 Å².